The number of rotatable bonds is 12. The molecular weight excluding hydrogens is 494 g/mol. The number of hydrogen-bond acceptors (Lipinski definition) is 9. The molecule has 0 amide bonds. The van der Waals surface area contributed by atoms with Crippen molar-refractivity contribution < 1.29 is 43.2 Å². The van der Waals surface area contributed by atoms with Crippen molar-refractivity contribution in [2.75, 3.05) is 6.61 Å². The summed E-state index contributed by atoms with van der Waals surface area (Å²) in [6.07, 6.45) is 0.491. The largest absolute Gasteiger partial charge is 0.510 e. The number of carboxylic acids is 1. The molecule has 1 unspecified atom stereocenters. The Kier molecular flexibility index (Phi) is 11.8. The first-order valence-corrected chi connectivity index (χ1v) is 12.9. The lowest BCUT2D eigenvalue weighted by molar-refractivity contribution is -0.167. The Bertz CT molecular complexity index is 991. The van der Waals surface area contributed by atoms with E-state index in [0.717, 1.165) is 6.42 Å². The number of carboxylic acid groups (broad SMARTS) is 1. The summed E-state index contributed by atoms with van der Waals surface area (Å²) < 4.78 is 21.5. The highest BCUT2D eigenvalue weighted by molar-refractivity contribution is 5.82. The normalized spacial score (nSPS) is 14.1. The van der Waals surface area contributed by atoms with Gasteiger partial charge in [-0.05, 0) is 79.0 Å². The average Bonchev–Trinajstić information content (AvgIpc) is 2.79. The maximum absolute atomic E-state index is 12.7. The van der Waals surface area contributed by atoms with Crippen LogP contribution in [0.4, 0.5) is 4.79 Å². The second-order valence-corrected chi connectivity index (χ2v) is 11.4. The molecule has 0 aliphatic rings. The summed E-state index contributed by atoms with van der Waals surface area (Å²) in [6, 6.07) is 4.00. The molecule has 0 heterocycles. The van der Waals surface area contributed by atoms with Crippen molar-refractivity contribution in [3.63, 3.8) is 0 Å². The van der Waals surface area contributed by atoms with Crippen LogP contribution in [0.5, 0.6) is 11.5 Å². The van der Waals surface area contributed by atoms with E-state index in [-0.39, 0.29) is 30.6 Å². The van der Waals surface area contributed by atoms with Gasteiger partial charge in [0.15, 0.2) is 11.5 Å². The highest BCUT2D eigenvalue weighted by atomic mass is 16.7. The molecule has 1 aromatic rings. The van der Waals surface area contributed by atoms with Gasteiger partial charge in [0.25, 0.3) is 5.72 Å². The minimum Gasteiger partial charge on any atom is -0.477 e. The van der Waals surface area contributed by atoms with Gasteiger partial charge in [-0.2, -0.15) is 0 Å². The van der Waals surface area contributed by atoms with Gasteiger partial charge in [0.05, 0.1) is 17.4 Å². The smallest absolute Gasteiger partial charge is 0.477 e. The van der Waals surface area contributed by atoms with E-state index in [1.807, 2.05) is 13.8 Å². The topological polar surface area (TPSA) is 137 Å². The zero-order chi connectivity index (χ0) is 29.3. The summed E-state index contributed by atoms with van der Waals surface area (Å²) in [7, 11) is 0. The highest BCUT2D eigenvalue weighted by Crippen LogP contribution is 2.34. The van der Waals surface area contributed by atoms with Crippen molar-refractivity contribution in [2.45, 2.75) is 99.8 Å². The highest BCUT2D eigenvalue weighted by Gasteiger charge is 2.45. The molecule has 0 spiro atoms. The van der Waals surface area contributed by atoms with Crippen LogP contribution in [0, 0.1) is 10.8 Å². The third-order valence-corrected chi connectivity index (χ3v) is 5.50. The van der Waals surface area contributed by atoms with Crippen molar-refractivity contribution in [3.05, 3.63) is 23.8 Å². The number of carbonyl (C=O) groups is 4. The van der Waals surface area contributed by atoms with E-state index in [1.165, 1.54) is 18.2 Å². The van der Waals surface area contributed by atoms with Crippen LogP contribution in [0.15, 0.2) is 18.2 Å². The van der Waals surface area contributed by atoms with Crippen LogP contribution in [-0.4, -0.2) is 47.5 Å². The lowest BCUT2D eigenvalue weighted by Crippen LogP contribution is -2.59. The number of ether oxygens (including phenoxy) is 4. The van der Waals surface area contributed by atoms with Crippen LogP contribution in [0.1, 0.15) is 87.1 Å². The first kappa shape index (κ1) is 32.9. The van der Waals surface area contributed by atoms with Gasteiger partial charge in [0, 0.05) is 12.5 Å². The Morgan fingerprint density at radius 2 is 1.47 bits per heavy atom. The Morgan fingerprint density at radius 1 is 0.921 bits per heavy atom. The Hall–Kier alpha value is -3.14. The van der Waals surface area contributed by atoms with Crippen LogP contribution >= 0.6 is 0 Å². The molecule has 0 bridgehead atoms. The molecule has 0 aliphatic carbocycles. The molecule has 0 aromatic heterocycles. The van der Waals surface area contributed by atoms with Gasteiger partial charge in [0.1, 0.15) is 0 Å². The van der Waals surface area contributed by atoms with Gasteiger partial charge >= 0.3 is 24.1 Å². The standard InChI is InChI=1S/C28H43NO9/c1-10-12-15-35-25(34)38-28(22(30)31,29-18(3)11-2)17-19-13-14-20(36-23(32)26(4,5)6)21(16-19)37-24(33)27(7,8)9/h13-14,16,18,29H,10-12,15,17H2,1-9H3,(H,30,31)/t18?,28-/m0/s1. The fraction of sp³-hybridized carbons (Fsp3) is 0.643. The first-order valence-electron chi connectivity index (χ1n) is 12.9. The van der Waals surface area contributed by atoms with E-state index in [0.29, 0.717) is 18.4 Å². The summed E-state index contributed by atoms with van der Waals surface area (Å²) in [4.78, 5) is 50.1. The van der Waals surface area contributed by atoms with Crippen LogP contribution in [-0.2, 0) is 30.3 Å². The van der Waals surface area contributed by atoms with E-state index in [1.54, 1.807) is 48.5 Å². The number of unbranched alkanes of at least 4 members (excludes halogenated alkanes) is 1. The fourth-order valence-electron chi connectivity index (χ4n) is 2.89. The zero-order valence-electron chi connectivity index (χ0n) is 24.1. The molecule has 38 heavy (non-hydrogen) atoms. The van der Waals surface area contributed by atoms with Crippen molar-refractivity contribution in [1.29, 1.82) is 0 Å². The monoisotopic (exact) mass is 537 g/mol. The zero-order valence-corrected chi connectivity index (χ0v) is 24.1. The van der Waals surface area contributed by atoms with Crippen molar-refractivity contribution in [3.8, 4) is 11.5 Å². The molecule has 0 fully saturated rings. The van der Waals surface area contributed by atoms with Crippen LogP contribution < -0.4 is 14.8 Å². The maximum atomic E-state index is 12.7. The van der Waals surface area contributed by atoms with E-state index in [4.69, 9.17) is 18.9 Å². The van der Waals surface area contributed by atoms with Gasteiger partial charge in [-0.1, -0.05) is 26.3 Å². The van der Waals surface area contributed by atoms with Gasteiger partial charge in [0.2, 0.25) is 0 Å². The molecule has 2 N–H and O–H groups in total. The summed E-state index contributed by atoms with van der Waals surface area (Å²) in [5.41, 5.74) is -3.52. The molecule has 0 radical (unpaired) electrons. The van der Waals surface area contributed by atoms with Crippen molar-refractivity contribution >= 4 is 24.1 Å². The molecule has 1 rings (SSSR count). The predicted octanol–water partition coefficient (Wildman–Crippen LogP) is 5.25. The van der Waals surface area contributed by atoms with E-state index >= 15 is 0 Å². The molecule has 10 heteroatoms. The first-order chi connectivity index (χ1) is 17.4. The Labute approximate surface area is 225 Å². The Morgan fingerprint density at radius 3 is 1.95 bits per heavy atom. The van der Waals surface area contributed by atoms with Gasteiger partial charge in [-0.25, -0.2) is 9.59 Å². The van der Waals surface area contributed by atoms with Crippen LogP contribution in [0.2, 0.25) is 0 Å². The number of benzene rings is 1. The maximum Gasteiger partial charge on any atom is 0.510 e. The second-order valence-electron chi connectivity index (χ2n) is 11.4. The van der Waals surface area contributed by atoms with Gasteiger partial charge in [-0.15, -0.1) is 0 Å². The minimum absolute atomic E-state index is 0.00183. The van der Waals surface area contributed by atoms with E-state index in [2.05, 4.69) is 5.32 Å². The number of esters is 2. The molecule has 10 nitrogen and oxygen atoms in total. The molecule has 0 saturated carbocycles. The molecule has 214 valence electrons. The Balaban J connectivity index is 3.50. The van der Waals surface area contributed by atoms with Crippen molar-refractivity contribution in [1.82, 2.24) is 5.32 Å². The molecule has 0 saturated heterocycles. The summed E-state index contributed by atoms with van der Waals surface area (Å²) >= 11 is 0. The molecule has 1 aromatic carbocycles. The fourth-order valence-corrected chi connectivity index (χ4v) is 2.89. The molecular formula is C28H43NO9. The summed E-state index contributed by atoms with van der Waals surface area (Å²) in [5, 5.41) is 13.1. The SMILES string of the molecule is CCCCOC(=O)O[C@](Cc1ccc(OC(=O)C(C)(C)C)c(OC(=O)C(C)(C)C)c1)(NC(C)CC)C(=O)O. The lowest BCUT2D eigenvalue weighted by Gasteiger charge is -2.32. The quantitative estimate of drug-likeness (QED) is 0.157. The van der Waals surface area contributed by atoms with Gasteiger partial charge in [-0.3, -0.25) is 14.9 Å². The molecule has 2 atom stereocenters. The van der Waals surface area contributed by atoms with Crippen LogP contribution in [0.25, 0.3) is 0 Å². The van der Waals surface area contributed by atoms with Gasteiger partial charge < -0.3 is 24.1 Å². The van der Waals surface area contributed by atoms with Crippen molar-refractivity contribution in [2.24, 2.45) is 10.8 Å². The van der Waals surface area contributed by atoms with E-state index < -0.39 is 40.6 Å². The second kappa shape index (κ2) is 13.6. The number of aliphatic carboxylic acids is 1. The summed E-state index contributed by atoms with van der Waals surface area (Å²) in [6.45, 7) is 15.7. The van der Waals surface area contributed by atoms with Crippen LogP contribution in [0.3, 0.4) is 0 Å². The summed E-state index contributed by atoms with van der Waals surface area (Å²) in [5.74, 6) is -2.62. The average molecular weight is 538 g/mol. The number of hydrogen-bond donors (Lipinski definition) is 2. The molecule has 0 aliphatic heterocycles. The lowest BCUT2D eigenvalue weighted by atomic mass is 9.97. The minimum atomic E-state index is -2.17. The third-order valence-electron chi connectivity index (χ3n) is 5.50. The predicted molar refractivity (Wildman–Crippen MR) is 141 cm³/mol. The third kappa shape index (κ3) is 9.96. The number of carbonyl (C=O) groups excluding carboxylic acids is 3. The number of nitrogens with one attached hydrogen (secondary N) is 1. The van der Waals surface area contributed by atoms with E-state index in [9.17, 15) is 24.3 Å².